The SMILES string of the molecule is CCc1ccc(CNCc2c(Br)c(CC)nn2CC)s1. The lowest BCUT2D eigenvalue weighted by atomic mass is 10.3. The van der Waals surface area contributed by atoms with E-state index in [0.29, 0.717) is 0 Å². The van der Waals surface area contributed by atoms with Crippen molar-refractivity contribution in [2.24, 2.45) is 0 Å². The van der Waals surface area contributed by atoms with Crippen molar-refractivity contribution in [3.05, 3.63) is 37.7 Å². The van der Waals surface area contributed by atoms with E-state index in [1.807, 2.05) is 11.3 Å². The Morgan fingerprint density at radius 1 is 1.15 bits per heavy atom. The van der Waals surface area contributed by atoms with Crippen molar-refractivity contribution in [2.75, 3.05) is 0 Å². The number of nitrogens with zero attached hydrogens (tertiary/aromatic N) is 2. The van der Waals surface area contributed by atoms with Gasteiger partial charge in [0.15, 0.2) is 0 Å². The van der Waals surface area contributed by atoms with Crippen LogP contribution in [-0.4, -0.2) is 9.78 Å². The molecular formula is C15H22BrN3S. The molecule has 110 valence electrons. The van der Waals surface area contributed by atoms with Gasteiger partial charge in [0.25, 0.3) is 0 Å². The molecule has 0 saturated heterocycles. The Labute approximate surface area is 133 Å². The highest BCUT2D eigenvalue weighted by molar-refractivity contribution is 9.10. The minimum atomic E-state index is 0.848. The summed E-state index contributed by atoms with van der Waals surface area (Å²) in [6.07, 6.45) is 2.09. The minimum absolute atomic E-state index is 0.848. The molecule has 2 aromatic rings. The molecule has 0 unspecified atom stereocenters. The van der Waals surface area contributed by atoms with Gasteiger partial charge in [0, 0.05) is 29.4 Å². The monoisotopic (exact) mass is 355 g/mol. The van der Waals surface area contributed by atoms with E-state index in [1.54, 1.807) is 0 Å². The lowest BCUT2D eigenvalue weighted by molar-refractivity contribution is 0.578. The number of rotatable bonds is 7. The number of hydrogen-bond acceptors (Lipinski definition) is 3. The topological polar surface area (TPSA) is 29.9 Å². The van der Waals surface area contributed by atoms with Crippen molar-refractivity contribution >= 4 is 27.3 Å². The van der Waals surface area contributed by atoms with Gasteiger partial charge < -0.3 is 5.32 Å². The first kappa shape index (κ1) is 15.7. The van der Waals surface area contributed by atoms with Crippen LogP contribution < -0.4 is 5.32 Å². The van der Waals surface area contributed by atoms with Crippen molar-refractivity contribution in [2.45, 2.75) is 53.2 Å². The fourth-order valence-electron chi connectivity index (χ4n) is 2.20. The fraction of sp³-hybridized carbons (Fsp3) is 0.533. The van der Waals surface area contributed by atoms with E-state index < -0.39 is 0 Å². The van der Waals surface area contributed by atoms with Gasteiger partial charge in [-0.25, -0.2) is 0 Å². The summed E-state index contributed by atoms with van der Waals surface area (Å²) in [5.41, 5.74) is 2.39. The molecule has 0 atom stereocenters. The molecule has 0 aliphatic rings. The summed E-state index contributed by atoms with van der Waals surface area (Å²) in [7, 11) is 0. The van der Waals surface area contributed by atoms with Gasteiger partial charge in [-0.05, 0) is 47.8 Å². The average molecular weight is 356 g/mol. The molecule has 2 heterocycles. The van der Waals surface area contributed by atoms with E-state index in [1.165, 1.54) is 15.4 Å². The van der Waals surface area contributed by atoms with Crippen LogP contribution in [0.25, 0.3) is 0 Å². The molecule has 0 amide bonds. The predicted octanol–water partition coefficient (Wildman–Crippen LogP) is 4.14. The molecule has 2 rings (SSSR count). The van der Waals surface area contributed by atoms with Crippen LogP contribution in [0.3, 0.4) is 0 Å². The van der Waals surface area contributed by atoms with Crippen molar-refractivity contribution in [1.29, 1.82) is 0 Å². The summed E-state index contributed by atoms with van der Waals surface area (Å²) in [6.45, 7) is 9.16. The second-order valence-electron chi connectivity index (χ2n) is 4.70. The average Bonchev–Trinajstić information content (AvgIpc) is 3.04. The van der Waals surface area contributed by atoms with Gasteiger partial charge in [0.1, 0.15) is 0 Å². The van der Waals surface area contributed by atoms with Crippen LogP contribution in [0.1, 0.15) is 41.9 Å². The molecule has 5 heteroatoms. The molecule has 0 aromatic carbocycles. The van der Waals surface area contributed by atoms with Gasteiger partial charge in [-0.2, -0.15) is 5.10 Å². The first-order valence-electron chi connectivity index (χ1n) is 7.21. The van der Waals surface area contributed by atoms with Crippen molar-refractivity contribution in [1.82, 2.24) is 15.1 Å². The number of nitrogens with one attached hydrogen (secondary N) is 1. The zero-order valence-corrected chi connectivity index (χ0v) is 14.8. The second-order valence-corrected chi connectivity index (χ2v) is 6.75. The molecule has 1 N–H and O–H groups in total. The number of halogens is 1. The maximum atomic E-state index is 4.62. The lowest BCUT2D eigenvalue weighted by Gasteiger charge is -2.06. The smallest absolute Gasteiger partial charge is 0.0767 e. The zero-order chi connectivity index (χ0) is 14.5. The molecule has 0 radical (unpaired) electrons. The van der Waals surface area contributed by atoms with Gasteiger partial charge in [-0.15, -0.1) is 11.3 Å². The standard InChI is InChI=1S/C15H22BrN3S/c1-4-11-7-8-12(20-11)9-17-10-14-15(16)13(5-2)18-19(14)6-3/h7-8,17H,4-6,9-10H2,1-3H3. The van der Waals surface area contributed by atoms with Crippen LogP contribution >= 0.6 is 27.3 Å². The van der Waals surface area contributed by atoms with E-state index in [0.717, 1.165) is 42.6 Å². The summed E-state index contributed by atoms with van der Waals surface area (Å²) in [6, 6.07) is 4.45. The van der Waals surface area contributed by atoms with E-state index in [9.17, 15) is 0 Å². The number of aromatic nitrogens is 2. The van der Waals surface area contributed by atoms with Crippen LogP contribution in [0.15, 0.2) is 16.6 Å². The Morgan fingerprint density at radius 3 is 2.50 bits per heavy atom. The van der Waals surface area contributed by atoms with E-state index >= 15 is 0 Å². The number of hydrogen-bond donors (Lipinski definition) is 1. The highest BCUT2D eigenvalue weighted by atomic mass is 79.9. The third-order valence-corrected chi connectivity index (χ3v) is 5.50. The molecule has 0 aliphatic heterocycles. The van der Waals surface area contributed by atoms with Gasteiger partial charge >= 0.3 is 0 Å². The van der Waals surface area contributed by atoms with Gasteiger partial charge in [-0.1, -0.05) is 13.8 Å². The highest BCUT2D eigenvalue weighted by Crippen LogP contribution is 2.22. The summed E-state index contributed by atoms with van der Waals surface area (Å²) in [5, 5.41) is 8.15. The van der Waals surface area contributed by atoms with Crippen LogP contribution in [0, 0.1) is 0 Å². The normalized spacial score (nSPS) is 11.2. The van der Waals surface area contributed by atoms with E-state index in [4.69, 9.17) is 0 Å². The van der Waals surface area contributed by atoms with Gasteiger partial charge in [-0.3, -0.25) is 4.68 Å². The van der Waals surface area contributed by atoms with Gasteiger partial charge in [0.2, 0.25) is 0 Å². The fourth-order valence-corrected chi connectivity index (χ4v) is 3.83. The lowest BCUT2D eigenvalue weighted by Crippen LogP contribution is -2.16. The van der Waals surface area contributed by atoms with Gasteiger partial charge in [0.05, 0.1) is 15.9 Å². The molecule has 3 nitrogen and oxygen atoms in total. The third kappa shape index (κ3) is 3.51. The largest absolute Gasteiger partial charge is 0.306 e. The van der Waals surface area contributed by atoms with E-state index in [-0.39, 0.29) is 0 Å². The predicted molar refractivity (Wildman–Crippen MR) is 89.2 cm³/mol. The number of thiophene rings is 1. The molecule has 0 spiro atoms. The molecule has 0 saturated carbocycles. The van der Waals surface area contributed by atoms with Crippen molar-refractivity contribution < 1.29 is 0 Å². The Hall–Kier alpha value is -0.650. The van der Waals surface area contributed by atoms with Crippen LogP contribution in [0.2, 0.25) is 0 Å². The molecular weight excluding hydrogens is 334 g/mol. The summed E-state index contributed by atoms with van der Waals surface area (Å²) in [5.74, 6) is 0. The Balaban J connectivity index is 1.98. The summed E-state index contributed by atoms with van der Waals surface area (Å²) in [4.78, 5) is 2.85. The Bertz CT molecular complexity index is 559. The molecule has 0 fully saturated rings. The first-order valence-corrected chi connectivity index (χ1v) is 8.82. The maximum Gasteiger partial charge on any atom is 0.0767 e. The molecule has 0 bridgehead atoms. The van der Waals surface area contributed by atoms with Crippen molar-refractivity contribution in [3.8, 4) is 0 Å². The minimum Gasteiger partial charge on any atom is -0.306 e. The van der Waals surface area contributed by atoms with E-state index in [2.05, 4.69) is 63.9 Å². The summed E-state index contributed by atoms with van der Waals surface area (Å²) >= 11 is 5.58. The highest BCUT2D eigenvalue weighted by Gasteiger charge is 2.13. The molecule has 2 aromatic heterocycles. The Kier molecular flexibility index (Phi) is 5.81. The maximum absolute atomic E-state index is 4.62. The molecule has 20 heavy (non-hydrogen) atoms. The van der Waals surface area contributed by atoms with Crippen LogP contribution in [-0.2, 0) is 32.5 Å². The first-order chi connectivity index (χ1) is 9.69. The second kappa shape index (κ2) is 7.38. The number of aryl methyl sites for hydroxylation is 3. The Morgan fingerprint density at radius 2 is 1.90 bits per heavy atom. The molecule has 0 aliphatic carbocycles. The van der Waals surface area contributed by atoms with Crippen molar-refractivity contribution in [3.63, 3.8) is 0 Å². The van der Waals surface area contributed by atoms with Crippen LogP contribution in [0.4, 0.5) is 0 Å². The summed E-state index contributed by atoms with van der Waals surface area (Å²) < 4.78 is 3.25. The third-order valence-electron chi connectivity index (χ3n) is 3.35. The quantitative estimate of drug-likeness (QED) is 0.808. The zero-order valence-electron chi connectivity index (χ0n) is 12.4. The van der Waals surface area contributed by atoms with Crippen LogP contribution in [0.5, 0.6) is 0 Å².